The van der Waals surface area contributed by atoms with Gasteiger partial charge in [0.05, 0.1) is 7.85 Å². The van der Waals surface area contributed by atoms with Crippen molar-refractivity contribution >= 4 is 31.3 Å². The number of hydrogen-bond acceptors (Lipinski definition) is 1. The fourth-order valence-corrected chi connectivity index (χ4v) is 2.46. The maximum absolute atomic E-state index is 12.3. The standard InChI is InChI=1S/C16H10BClO/c17-15-12-3-1-2-4-13(12)16(19)14(15)9-10-5-7-11(18)8-6-10/h1-9,15H/b14-9+. The van der Waals surface area contributed by atoms with E-state index in [-0.39, 0.29) is 11.6 Å². The van der Waals surface area contributed by atoms with Crippen LogP contribution in [0.3, 0.4) is 0 Å². The molecule has 2 aromatic rings. The quantitative estimate of drug-likeness (QED) is 0.565. The number of fused-ring (bicyclic) bond motifs is 1. The summed E-state index contributed by atoms with van der Waals surface area (Å²) >= 11 is 5.85. The summed E-state index contributed by atoms with van der Waals surface area (Å²) < 4.78 is 0. The van der Waals surface area contributed by atoms with E-state index in [2.05, 4.69) is 0 Å². The number of ketones is 1. The fraction of sp³-hybridized carbons (Fsp3) is 0.0625. The first-order valence-corrected chi connectivity index (χ1v) is 6.41. The Morgan fingerprint density at radius 1 is 1.05 bits per heavy atom. The molecule has 0 bridgehead atoms. The van der Waals surface area contributed by atoms with E-state index in [1.54, 1.807) is 12.1 Å². The summed E-state index contributed by atoms with van der Waals surface area (Å²) in [7, 11) is 6.14. The highest BCUT2D eigenvalue weighted by molar-refractivity contribution is 6.30. The molecule has 3 rings (SSSR count). The lowest BCUT2D eigenvalue weighted by Gasteiger charge is -2.05. The van der Waals surface area contributed by atoms with Gasteiger partial charge in [-0.2, -0.15) is 0 Å². The SMILES string of the molecule is [B]C1/C(=C\c2ccc(Cl)cc2)C(=O)c2ccccc21. The predicted molar refractivity (Wildman–Crippen MR) is 78.7 cm³/mol. The van der Waals surface area contributed by atoms with Crippen LogP contribution in [0.4, 0.5) is 0 Å². The summed E-state index contributed by atoms with van der Waals surface area (Å²) in [5.74, 6) is -0.336. The van der Waals surface area contributed by atoms with Crippen molar-refractivity contribution in [1.82, 2.24) is 0 Å². The Morgan fingerprint density at radius 2 is 1.74 bits per heavy atom. The van der Waals surface area contributed by atoms with E-state index in [1.165, 1.54) is 0 Å². The van der Waals surface area contributed by atoms with E-state index in [1.807, 2.05) is 42.5 Å². The molecular formula is C16H10BClO. The van der Waals surface area contributed by atoms with Crippen molar-refractivity contribution in [3.8, 4) is 0 Å². The zero-order valence-corrected chi connectivity index (χ0v) is 10.9. The smallest absolute Gasteiger partial charge is 0.189 e. The molecule has 0 N–H and O–H groups in total. The zero-order valence-electron chi connectivity index (χ0n) is 10.1. The van der Waals surface area contributed by atoms with Gasteiger partial charge in [-0.25, -0.2) is 0 Å². The number of carbonyl (C=O) groups is 1. The average molecular weight is 265 g/mol. The second-order valence-corrected chi connectivity index (χ2v) is 4.98. The van der Waals surface area contributed by atoms with Crippen molar-refractivity contribution in [2.75, 3.05) is 0 Å². The van der Waals surface area contributed by atoms with Gasteiger partial charge in [0.15, 0.2) is 5.78 Å². The number of allylic oxidation sites excluding steroid dienone is 1. The summed E-state index contributed by atoms with van der Waals surface area (Å²) in [5, 5.41) is 0.674. The monoisotopic (exact) mass is 264 g/mol. The Morgan fingerprint density at radius 3 is 2.42 bits per heavy atom. The molecule has 90 valence electrons. The van der Waals surface area contributed by atoms with E-state index in [9.17, 15) is 4.79 Å². The van der Waals surface area contributed by atoms with Crippen LogP contribution in [0.1, 0.15) is 27.3 Å². The van der Waals surface area contributed by atoms with Crippen molar-refractivity contribution < 1.29 is 4.79 Å². The largest absolute Gasteiger partial charge is 0.289 e. The van der Waals surface area contributed by atoms with E-state index in [0.29, 0.717) is 16.2 Å². The Kier molecular flexibility index (Phi) is 3.04. The second kappa shape index (κ2) is 4.71. The van der Waals surface area contributed by atoms with Crippen molar-refractivity contribution in [1.29, 1.82) is 0 Å². The molecule has 0 aliphatic heterocycles. The van der Waals surface area contributed by atoms with E-state index >= 15 is 0 Å². The van der Waals surface area contributed by atoms with E-state index in [0.717, 1.165) is 11.1 Å². The fourth-order valence-electron chi connectivity index (χ4n) is 2.33. The minimum atomic E-state index is -0.348. The minimum absolute atomic E-state index is 0.0121. The average Bonchev–Trinajstić information content (AvgIpc) is 2.67. The van der Waals surface area contributed by atoms with Crippen LogP contribution in [0.2, 0.25) is 5.02 Å². The topological polar surface area (TPSA) is 17.1 Å². The molecule has 1 aliphatic carbocycles. The summed E-state index contributed by atoms with van der Waals surface area (Å²) in [4.78, 5) is 12.3. The summed E-state index contributed by atoms with van der Waals surface area (Å²) in [6.45, 7) is 0. The third-order valence-electron chi connectivity index (χ3n) is 3.33. The molecule has 2 radical (unpaired) electrons. The lowest BCUT2D eigenvalue weighted by Crippen LogP contribution is -1.99. The normalized spacial score (nSPS) is 19.7. The lowest BCUT2D eigenvalue weighted by molar-refractivity contribution is 0.104. The van der Waals surface area contributed by atoms with Gasteiger partial charge in [-0.05, 0) is 40.7 Å². The molecule has 0 fully saturated rings. The van der Waals surface area contributed by atoms with Crippen LogP contribution in [0.5, 0.6) is 0 Å². The van der Waals surface area contributed by atoms with Gasteiger partial charge in [-0.3, -0.25) is 4.79 Å². The van der Waals surface area contributed by atoms with Gasteiger partial charge in [-0.1, -0.05) is 48.0 Å². The highest BCUT2D eigenvalue weighted by Crippen LogP contribution is 2.36. The molecule has 2 aromatic carbocycles. The minimum Gasteiger partial charge on any atom is -0.289 e. The Hall–Kier alpha value is -1.80. The molecule has 0 amide bonds. The van der Waals surface area contributed by atoms with Crippen LogP contribution in [-0.4, -0.2) is 13.6 Å². The Bertz CT molecular complexity index is 673. The number of benzene rings is 2. The molecular weight excluding hydrogens is 254 g/mol. The van der Waals surface area contributed by atoms with Gasteiger partial charge in [0, 0.05) is 10.6 Å². The lowest BCUT2D eigenvalue weighted by atomic mass is 9.79. The molecule has 0 heterocycles. The number of halogens is 1. The molecule has 0 saturated carbocycles. The number of carbonyl (C=O) groups excluding carboxylic acids is 1. The molecule has 19 heavy (non-hydrogen) atoms. The first kappa shape index (κ1) is 12.2. The van der Waals surface area contributed by atoms with Gasteiger partial charge in [-0.15, -0.1) is 0 Å². The van der Waals surface area contributed by atoms with Gasteiger partial charge in [0.1, 0.15) is 0 Å². The van der Waals surface area contributed by atoms with E-state index in [4.69, 9.17) is 19.4 Å². The highest BCUT2D eigenvalue weighted by atomic mass is 35.5. The van der Waals surface area contributed by atoms with Crippen molar-refractivity contribution in [3.63, 3.8) is 0 Å². The van der Waals surface area contributed by atoms with Gasteiger partial charge in [0.25, 0.3) is 0 Å². The van der Waals surface area contributed by atoms with Crippen LogP contribution in [-0.2, 0) is 0 Å². The number of hydrogen-bond donors (Lipinski definition) is 0. The summed E-state index contributed by atoms with van der Waals surface area (Å²) in [6, 6.07) is 14.8. The highest BCUT2D eigenvalue weighted by Gasteiger charge is 2.30. The van der Waals surface area contributed by atoms with E-state index < -0.39 is 0 Å². The first-order chi connectivity index (χ1) is 9.16. The maximum Gasteiger partial charge on any atom is 0.189 e. The maximum atomic E-state index is 12.3. The molecule has 1 atom stereocenters. The number of Topliss-reactive ketones (excluding diaryl/α,β-unsaturated/α-hetero) is 1. The summed E-state index contributed by atoms with van der Waals surface area (Å²) in [5.41, 5.74) is 3.16. The van der Waals surface area contributed by atoms with Gasteiger partial charge < -0.3 is 0 Å². The number of rotatable bonds is 1. The van der Waals surface area contributed by atoms with Gasteiger partial charge >= 0.3 is 0 Å². The molecule has 1 unspecified atom stereocenters. The third-order valence-corrected chi connectivity index (χ3v) is 3.58. The first-order valence-electron chi connectivity index (χ1n) is 6.03. The van der Waals surface area contributed by atoms with Crippen molar-refractivity contribution in [2.24, 2.45) is 0 Å². The molecule has 1 nitrogen and oxygen atoms in total. The predicted octanol–water partition coefficient (Wildman–Crippen LogP) is 3.83. The van der Waals surface area contributed by atoms with Crippen molar-refractivity contribution in [2.45, 2.75) is 5.82 Å². The molecule has 0 saturated heterocycles. The molecule has 1 aliphatic rings. The molecule has 3 heteroatoms. The molecule has 0 spiro atoms. The van der Waals surface area contributed by atoms with Crippen LogP contribution < -0.4 is 0 Å². The van der Waals surface area contributed by atoms with Crippen LogP contribution in [0.15, 0.2) is 54.1 Å². The Balaban J connectivity index is 2.04. The van der Waals surface area contributed by atoms with Gasteiger partial charge in [0.2, 0.25) is 0 Å². The Labute approximate surface area is 118 Å². The van der Waals surface area contributed by atoms with Crippen LogP contribution in [0, 0.1) is 0 Å². The third kappa shape index (κ3) is 2.13. The van der Waals surface area contributed by atoms with Crippen molar-refractivity contribution in [3.05, 3.63) is 75.8 Å². The zero-order chi connectivity index (χ0) is 13.4. The second-order valence-electron chi connectivity index (χ2n) is 4.55. The summed E-state index contributed by atoms with van der Waals surface area (Å²) in [6.07, 6.45) is 1.84. The van der Waals surface area contributed by atoms with Crippen LogP contribution in [0.25, 0.3) is 6.08 Å². The molecule has 0 aromatic heterocycles. The van der Waals surface area contributed by atoms with Crippen LogP contribution >= 0.6 is 11.6 Å².